The number of hydrogen-bond acceptors (Lipinski definition) is 6. The third-order valence-electron chi connectivity index (χ3n) is 4.51. The summed E-state index contributed by atoms with van der Waals surface area (Å²) in [6.45, 7) is 2.42. The van der Waals surface area contributed by atoms with Crippen LogP contribution in [0.3, 0.4) is 0 Å². The van der Waals surface area contributed by atoms with Crippen molar-refractivity contribution in [3.63, 3.8) is 0 Å². The number of urea groups is 1. The number of pyridine rings is 1. The summed E-state index contributed by atoms with van der Waals surface area (Å²) in [7, 11) is 0. The lowest BCUT2D eigenvalue weighted by Crippen LogP contribution is -2.36. The lowest BCUT2D eigenvalue weighted by molar-refractivity contribution is -0.122. The molecule has 0 saturated carbocycles. The van der Waals surface area contributed by atoms with E-state index in [2.05, 4.69) is 20.5 Å². The van der Waals surface area contributed by atoms with Gasteiger partial charge in [0.05, 0.1) is 18.5 Å². The first kappa shape index (κ1) is 22.1. The van der Waals surface area contributed by atoms with Crippen LogP contribution in [-0.2, 0) is 0 Å². The molecule has 4 aromatic rings. The van der Waals surface area contributed by atoms with Gasteiger partial charge in [-0.1, -0.05) is 0 Å². The molecule has 172 valence electrons. The van der Waals surface area contributed by atoms with Crippen LogP contribution in [0.15, 0.2) is 47.1 Å². The lowest BCUT2D eigenvalue weighted by Gasteiger charge is -2.13. The third-order valence-corrected chi connectivity index (χ3v) is 4.51. The Morgan fingerprint density at radius 1 is 1.18 bits per heavy atom. The van der Waals surface area contributed by atoms with E-state index in [4.69, 9.17) is 9.15 Å². The number of nitrogens with zero attached hydrogens (tertiary/aromatic N) is 4. The maximum Gasteiger partial charge on any atom is 0.405 e. The molecule has 9 nitrogen and oxygen atoms in total. The zero-order valence-corrected chi connectivity index (χ0v) is 17.6. The minimum atomic E-state index is -4.51. The highest BCUT2D eigenvalue weighted by Crippen LogP contribution is 2.30. The van der Waals surface area contributed by atoms with E-state index in [0.717, 1.165) is 0 Å². The lowest BCUT2D eigenvalue weighted by atomic mass is 10.1. The van der Waals surface area contributed by atoms with Gasteiger partial charge in [-0.25, -0.2) is 9.78 Å². The highest BCUT2D eigenvalue weighted by atomic mass is 19.4. The largest absolute Gasteiger partial charge is 0.494 e. The number of aryl methyl sites for hydroxylation is 1. The number of hydrogen-bond donors (Lipinski definition) is 2. The molecule has 2 amide bonds. The quantitative estimate of drug-likeness (QED) is 0.441. The van der Waals surface area contributed by atoms with E-state index >= 15 is 0 Å². The number of ether oxygens (including phenoxy) is 1. The molecule has 1 aromatic carbocycles. The second-order valence-electron chi connectivity index (χ2n) is 7.02. The number of carbonyl (C=O) groups is 1. The van der Waals surface area contributed by atoms with Crippen LogP contribution in [0, 0.1) is 6.92 Å². The predicted octanol–water partition coefficient (Wildman–Crippen LogP) is 4.44. The van der Waals surface area contributed by atoms with Crippen molar-refractivity contribution in [1.82, 2.24) is 24.9 Å². The summed E-state index contributed by atoms with van der Waals surface area (Å²) in [5.41, 5.74) is 2.90. The van der Waals surface area contributed by atoms with Crippen molar-refractivity contribution < 1.29 is 27.1 Å². The number of alkyl halides is 3. The maximum absolute atomic E-state index is 12.4. The molecule has 0 spiro atoms. The first-order valence-electron chi connectivity index (χ1n) is 9.89. The zero-order chi connectivity index (χ0) is 23.6. The molecule has 33 heavy (non-hydrogen) atoms. The van der Waals surface area contributed by atoms with Gasteiger partial charge in [-0.05, 0) is 31.2 Å². The van der Waals surface area contributed by atoms with E-state index in [1.807, 2.05) is 4.40 Å². The summed E-state index contributed by atoms with van der Waals surface area (Å²) in [6, 6.07) is 7.49. The number of nitrogens with one attached hydrogen (secondary N) is 2. The Morgan fingerprint density at radius 2 is 2.00 bits per heavy atom. The van der Waals surface area contributed by atoms with E-state index < -0.39 is 18.8 Å². The SMILES string of the molecule is CCOc1cc(NC(=O)NCC(F)(F)F)cc(-c2cnc3cc(-c4nnc(C)o4)ccn23)c1. The summed E-state index contributed by atoms with van der Waals surface area (Å²) in [6.07, 6.45) is -1.09. The molecule has 12 heteroatoms. The summed E-state index contributed by atoms with van der Waals surface area (Å²) in [5, 5.41) is 12.0. The Hall–Kier alpha value is -4.09. The molecule has 0 unspecified atom stereocenters. The molecule has 0 atom stereocenters. The molecule has 3 aromatic heterocycles. The van der Waals surface area contributed by atoms with Crippen LogP contribution in [-0.4, -0.2) is 44.9 Å². The smallest absolute Gasteiger partial charge is 0.405 e. The topological polar surface area (TPSA) is 107 Å². The third kappa shape index (κ3) is 5.22. The van der Waals surface area contributed by atoms with E-state index in [1.54, 1.807) is 55.8 Å². The van der Waals surface area contributed by atoms with Crippen LogP contribution in [0.25, 0.3) is 28.4 Å². The number of anilines is 1. The van der Waals surface area contributed by atoms with Crippen LogP contribution in [0.5, 0.6) is 5.75 Å². The first-order chi connectivity index (χ1) is 15.7. The van der Waals surface area contributed by atoms with Crippen molar-refractivity contribution >= 4 is 17.4 Å². The summed E-state index contributed by atoms with van der Waals surface area (Å²) < 4.78 is 49.9. The minimum Gasteiger partial charge on any atom is -0.494 e. The fourth-order valence-electron chi connectivity index (χ4n) is 3.17. The van der Waals surface area contributed by atoms with Crippen molar-refractivity contribution in [1.29, 1.82) is 0 Å². The number of rotatable bonds is 6. The molecule has 0 saturated heterocycles. The Bertz CT molecular complexity index is 1300. The number of fused-ring (bicyclic) bond motifs is 1. The first-order valence-corrected chi connectivity index (χ1v) is 9.89. The summed E-state index contributed by atoms with van der Waals surface area (Å²) >= 11 is 0. The van der Waals surface area contributed by atoms with Crippen LogP contribution in [0.4, 0.5) is 23.7 Å². The Labute approximate surface area is 185 Å². The molecule has 0 aliphatic carbocycles. The predicted molar refractivity (Wildman–Crippen MR) is 113 cm³/mol. The van der Waals surface area contributed by atoms with E-state index in [-0.39, 0.29) is 5.69 Å². The number of benzene rings is 1. The van der Waals surface area contributed by atoms with E-state index in [9.17, 15) is 18.0 Å². The summed E-state index contributed by atoms with van der Waals surface area (Å²) in [4.78, 5) is 16.3. The van der Waals surface area contributed by atoms with Crippen LogP contribution < -0.4 is 15.4 Å². The average molecular weight is 460 g/mol. The number of aromatic nitrogens is 4. The average Bonchev–Trinajstić information content (AvgIpc) is 3.37. The fraction of sp³-hybridized carbons (Fsp3) is 0.238. The number of imidazole rings is 1. The maximum atomic E-state index is 12.4. The molecular formula is C21H19F3N6O3. The molecule has 3 heterocycles. The van der Waals surface area contributed by atoms with Crippen molar-refractivity contribution in [2.75, 3.05) is 18.5 Å². The Balaban J connectivity index is 1.65. The number of halogens is 3. The van der Waals surface area contributed by atoms with Gasteiger partial charge in [0.2, 0.25) is 11.8 Å². The zero-order valence-electron chi connectivity index (χ0n) is 17.6. The van der Waals surface area contributed by atoms with Gasteiger partial charge in [-0.2, -0.15) is 13.2 Å². The van der Waals surface area contributed by atoms with Crippen molar-refractivity contribution in [2.45, 2.75) is 20.0 Å². The Kier molecular flexibility index (Phi) is 5.90. The second-order valence-corrected chi connectivity index (χ2v) is 7.02. The van der Waals surface area contributed by atoms with Gasteiger partial charge in [-0.15, -0.1) is 10.2 Å². The standard InChI is InChI=1S/C21H19F3N6O3/c1-3-32-16-7-14(6-15(9-16)27-20(31)26-11-21(22,23)24)17-10-25-18-8-13(4-5-30(17)18)19-29-28-12(2)33-19/h4-10H,3,11H2,1-2H3,(H2,26,27,31). The normalized spacial score (nSPS) is 11.5. The van der Waals surface area contributed by atoms with Gasteiger partial charge in [0.25, 0.3) is 0 Å². The summed E-state index contributed by atoms with van der Waals surface area (Å²) in [5.74, 6) is 1.25. The fourth-order valence-corrected chi connectivity index (χ4v) is 3.17. The van der Waals surface area contributed by atoms with Crippen LogP contribution in [0.1, 0.15) is 12.8 Å². The van der Waals surface area contributed by atoms with Crippen molar-refractivity contribution in [3.8, 4) is 28.5 Å². The Morgan fingerprint density at radius 3 is 2.70 bits per heavy atom. The van der Waals surface area contributed by atoms with E-state index in [0.29, 0.717) is 46.6 Å². The molecule has 4 rings (SSSR count). The highest BCUT2D eigenvalue weighted by Gasteiger charge is 2.27. The van der Waals surface area contributed by atoms with E-state index in [1.165, 1.54) is 6.07 Å². The monoisotopic (exact) mass is 460 g/mol. The highest BCUT2D eigenvalue weighted by molar-refractivity contribution is 5.90. The van der Waals surface area contributed by atoms with Crippen LogP contribution in [0.2, 0.25) is 0 Å². The van der Waals surface area contributed by atoms with Gasteiger partial charge in [0.1, 0.15) is 17.9 Å². The van der Waals surface area contributed by atoms with Gasteiger partial charge >= 0.3 is 12.2 Å². The van der Waals surface area contributed by atoms with Gasteiger partial charge in [0, 0.05) is 36.0 Å². The van der Waals surface area contributed by atoms with Crippen molar-refractivity contribution in [2.24, 2.45) is 0 Å². The molecule has 0 bridgehead atoms. The van der Waals surface area contributed by atoms with Gasteiger partial charge in [-0.3, -0.25) is 4.40 Å². The van der Waals surface area contributed by atoms with Crippen LogP contribution >= 0.6 is 0 Å². The van der Waals surface area contributed by atoms with Gasteiger partial charge in [0.15, 0.2) is 0 Å². The molecule has 0 aliphatic rings. The minimum absolute atomic E-state index is 0.267. The molecule has 0 aliphatic heterocycles. The van der Waals surface area contributed by atoms with Crippen molar-refractivity contribution in [3.05, 3.63) is 48.6 Å². The molecular weight excluding hydrogens is 441 g/mol. The molecule has 0 radical (unpaired) electrons. The molecule has 2 N–H and O–H groups in total. The van der Waals surface area contributed by atoms with Gasteiger partial charge < -0.3 is 19.8 Å². The molecule has 0 fully saturated rings. The number of carbonyl (C=O) groups excluding carboxylic acids is 1. The second kappa shape index (κ2) is 8.81. The number of amides is 2.